The molecule has 0 aliphatic heterocycles. The molecule has 0 amide bonds. The molecule has 0 aliphatic rings. The first-order valence-corrected chi connectivity index (χ1v) is 17.3. The smallest absolute Gasteiger partial charge is 0.670 e. The Hall–Kier alpha value is 0.389. The molecule has 1 atom stereocenters. The number of hydrogen-bond acceptors (Lipinski definition) is 3. The van der Waals surface area contributed by atoms with Crippen LogP contribution >= 0.6 is 23.8 Å². The summed E-state index contributed by atoms with van der Waals surface area (Å²) in [6, 6.07) is 4.83. The molecule has 1 aromatic carbocycles. The summed E-state index contributed by atoms with van der Waals surface area (Å²) in [5.41, 5.74) is 7.79. The molecule has 0 spiro atoms. The van der Waals surface area contributed by atoms with Crippen LogP contribution in [-0.2, 0) is 31.3 Å². The van der Waals surface area contributed by atoms with Crippen molar-refractivity contribution >= 4 is 29.7 Å². The summed E-state index contributed by atoms with van der Waals surface area (Å²) in [6.07, 6.45) is 0.0998. The maximum Gasteiger partial charge on any atom is 3.00 e. The predicted octanol–water partition coefficient (Wildman–Crippen LogP) is 3.37. The van der Waals surface area contributed by atoms with Crippen LogP contribution in [-0.4, -0.2) is 77.1 Å². The number of nitrogens with one attached hydrogen (secondary N) is 1. The van der Waals surface area contributed by atoms with Crippen molar-refractivity contribution < 1.29 is 35.1 Å². The van der Waals surface area contributed by atoms with Crippen LogP contribution in [0.25, 0.3) is 5.73 Å². The van der Waals surface area contributed by atoms with E-state index in [-0.39, 0.29) is 56.0 Å². The fourth-order valence-electron chi connectivity index (χ4n) is 0.951. The molecule has 8 heteroatoms. The first-order chi connectivity index (χ1) is 11.3. The van der Waals surface area contributed by atoms with Crippen molar-refractivity contribution in [3.8, 4) is 5.75 Å². The molecule has 0 saturated heterocycles. The predicted molar refractivity (Wildman–Crippen MR) is 123 cm³/mol. The Morgan fingerprint density at radius 3 is 1.42 bits per heavy atom. The average molecular weight is 603 g/mol. The molecule has 0 heterocycles. The van der Waals surface area contributed by atoms with E-state index in [1.54, 1.807) is 12.1 Å². The zero-order chi connectivity index (χ0) is 20.6. The Morgan fingerprint density at radius 2 is 1.19 bits per heavy atom. The number of phenols is 1. The number of phenolic OH excluding ortho intramolecular Hbond substituents is 1. The SMILES string of the molecule is C[PH+](C)C.C[PH+](C)C.C[PH+](C)C.[Ir+3].[NH-]C(Cc1ccc(O)cc1)C(=O)[O-]. The normalized spacial score (nSPS) is 10.3. The van der Waals surface area contributed by atoms with Gasteiger partial charge in [0, 0.05) is 66.0 Å². The van der Waals surface area contributed by atoms with Gasteiger partial charge in [0.25, 0.3) is 0 Å². The molecular weight excluding hydrogens is 563 g/mol. The molecule has 1 rings (SSSR count). The number of aromatic hydroxyl groups is 1. The van der Waals surface area contributed by atoms with Gasteiger partial charge in [-0.1, -0.05) is 18.2 Å². The third kappa shape index (κ3) is 39.5. The quantitative estimate of drug-likeness (QED) is 0.539. The summed E-state index contributed by atoms with van der Waals surface area (Å²) in [5.74, 6) is -1.26. The van der Waals surface area contributed by atoms with Gasteiger partial charge in [0.1, 0.15) is 5.75 Å². The van der Waals surface area contributed by atoms with Crippen molar-refractivity contribution in [2.45, 2.75) is 12.5 Å². The molecule has 0 fully saturated rings. The minimum Gasteiger partial charge on any atom is -0.670 e. The Kier molecular flexibility index (Phi) is 28.3. The topological polar surface area (TPSA) is 84.2 Å². The Labute approximate surface area is 178 Å². The van der Waals surface area contributed by atoms with E-state index in [9.17, 15) is 9.90 Å². The number of aliphatic carboxylic acids is 1. The van der Waals surface area contributed by atoms with Gasteiger partial charge in [0.2, 0.25) is 0 Å². The van der Waals surface area contributed by atoms with Crippen LogP contribution in [0, 0.1) is 0 Å². The molecule has 1 unspecified atom stereocenters. The average Bonchev–Trinajstić information content (AvgIpc) is 2.39. The fourth-order valence-corrected chi connectivity index (χ4v) is 0.951. The van der Waals surface area contributed by atoms with Crippen molar-refractivity contribution in [3.63, 3.8) is 0 Å². The van der Waals surface area contributed by atoms with Crippen molar-refractivity contribution in [2.75, 3.05) is 60.0 Å². The van der Waals surface area contributed by atoms with Crippen LogP contribution in [0.5, 0.6) is 5.75 Å². The summed E-state index contributed by atoms with van der Waals surface area (Å²) >= 11 is 0. The molecule has 154 valence electrons. The van der Waals surface area contributed by atoms with Crippen LogP contribution in [0.3, 0.4) is 0 Å². The van der Waals surface area contributed by atoms with Crippen molar-refractivity contribution in [1.29, 1.82) is 0 Å². The summed E-state index contributed by atoms with van der Waals surface area (Å²) in [7, 11) is 0.361. The molecule has 26 heavy (non-hydrogen) atoms. The van der Waals surface area contributed by atoms with Gasteiger partial charge in [0.05, 0.1) is 0 Å². The van der Waals surface area contributed by atoms with Gasteiger partial charge in [0.15, 0.2) is 0 Å². The standard InChI is InChI=1S/C9H10NO3.3C3H9P.Ir/c10-8(9(12)13)5-6-1-3-7(11)4-2-6;3*1-4(2)3;/h1-4,8,10-11H,5H2,(H,12,13);3*1-3H3;/q-1;;;;+3/p+2. The monoisotopic (exact) mass is 603 g/mol. The van der Waals surface area contributed by atoms with Crippen molar-refractivity contribution in [3.05, 3.63) is 35.6 Å². The van der Waals surface area contributed by atoms with Crippen LogP contribution in [0.4, 0.5) is 0 Å². The van der Waals surface area contributed by atoms with E-state index in [1.807, 2.05) is 0 Å². The van der Waals surface area contributed by atoms with Gasteiger partial charge < -0.3 is 20.7 Å². The zero-order valence-electron chi connectivity index (χ0n) is 17.7. The molecular formula is C18H39IrNO3P3+4. The van der Waals surface area contributed by atoms with E-state index < -0.39 is 12.0 Å². The number of carbonyl (C=O) groups is 1. The van der Waals surface area contributed by atoms with E-state index in [0.717, 1.165) is 0 Å². The van der Waals surface area contributed by atoms with Gasteiger partial charge in [-0.25, -0.2) is 0 Å². The minimum absolute atomic E-state index is 0. The summed E-state index contributed by atoms with van der Waals surface area (Å²) in [6.45, 7) is 20.4. The molecule has 0 aliphatic carbocycles. The first-order valence-electron chi connectivity index (χ1n) is 8.29. The van der Waals surface area contributed by atoms with E-state index in [4.69, 9.17) is 10.8 Å². The van der Waals surface area contributed by atoms with Gasteiger partial charge in [-0.2, -0.15) is 0 Å². The molecule has 0 aromatic heterocycles. The number of carboxylic acid groups (broad SMARTS) is 1. The second-order valence-corrected chi connectivity index (χ2v) is 16.2. The first kappa shape index (κ1) is 33.9. The van der Waals surface area contributed by atoms with E-state index in [1.165, 1.54) is 12.1 Å². The second kappa shape index (κ2) is 21.7. The van der Waals surface area contributed by atoms with Crippen LogP contribution < -0.4 is 5.11 Å². The molecule has 4 nitrogen and oxygen atoms in total. The van der Waals surface area contributed by atoms with Crippen LogP contribution in [0.2, 0.25) is 0 Å². The Balaban J connectivity index is -0.000000155. The summed E-state index contributed by atoms with van der Waals surface area (Å²) in [5, 5.41) is 19.1. The number of rotatable bonds is 3. The number of hydrogen-bond donors (Lipinski definition) is 1. The maximum absolute atomic E-state index is 10.2. The van der Waals surface area contributed by atoms with E-state index >= 15 is 0 Å². The molecule has 1 aromatic rings. The van der Waals surface area contributed by atoms with Crippen molar-refractivity contribution in [1.82, 2.24) is 0 Å². The van der Waals surface area contributed by atoms with Crippen LogP contribution in [0.1, 0.15) is 5.56 Å². The molecule has 0 bridgehead atoms. The Morgan fingerprint density at radius 1 is 0.923 bits per heavy atom. The number of benzene rings is 1. The van der Waals surface area contributed by atoms with E-state index in [2.05, 4.69) is 60.0 Å². The van der Waals surface area contributed by atoms with Crippen LogP contribution in [0.15, 0.2) is 24.3 Å². The molecule has 0 saturated carbocycles. The zero-order valence-corrected chi connectivity index (χ0v) is 23.1. The van der Waals surface area contributed by atoms with Crippen molar-refractivity contribution in [2.24, 2.45) is 0 Å². The van der Waals surface area contributed by atoms with Gasteiger partial charge in [-0.3, -0.25) is 0 Å². The number of carboxylic acids is 1. The largest absolute Gasteiger partial charge is 3.00 e. The van der Waals surface area contributed by atoms with Gasteiger partial charge >= 0.3 is 20.1 Å². The number of carbonyl (C=O) groups excluding carboxylic acids is 1. The van der Waals surface area contributed by atoms with Gasteiger partial charge in [-0.05, 0) is 47.9 Å². The molecule has 2 N–H and O–H groups in total. The third-order valence-corrected chi connectivity index (χ3v) is 1.66. The summed E-state index contributed by atoms with van der Waals surface area (Å²) < 4.78 is 0. The third-order valence-electron chi connectivity index (χ3n) is 1.66. The summed E-state index contributed by atoms with van der Waals surface area (Å²) in [4.78, 5) is 10.2. The minimum atomic E-state index is -1.38. The Bertz CT molecular complexity index is 408. The van der Waals surface area contributed by atoms with E-state index in [0.29, 0.717) is 5.56 Å². The fraction of sp³-hybridized carbons (Fsp3) is 0.611. The molecule has 0 radical (unpaired) electrons. The second-order valence-electron chi connectivity index (χ2n) is 7.24. The van der Waals surface area contributed by atoms with Gasteiger partial charge in [-0.15, -0.1) is 0 Å². The maximum atomic E-state index is 10.2.